The molecule has 6 heteroatoms. The molecule has 0 bridgehead atoms. The molecule has 0 atom stereocenters. The van der Waals surface area contributed by atoms with Gasteiger partial charge in [-0.05, 0) is 58.3 Å². The first-order chi connectivity index (χ1) is 12.0. The normalized spacial score (nSPS) is 10.8. The molecule has 1 amide bonds. The zero-order valence-electron chi connectivity index (χ0n) is 15.3. The second-order valence-electron chi connectivity index (χ2n) is 6.44. The summed E-state index contributed by atoms with van der Waals surface area (Å²) in [5.41, 5.74) is 2.79. The van der Waals surface area contributed by atoms with Gasteiger partial charge in [0.15, 0.2) is 5.13 Å². The molecule has 0 unspecified atom stereocenters. The van der Waals surface area contributed by atoms with E-state index in [0.717, 1.165) is 33.9 Å². The van der Waals surface area contributed by atoms with E-state index in [1.807, 2.05) is 74.4 Å². The van der Waals surface area contributed by atoms with Crippen molar-refractivity contribution in [3.63, 3.8) is 0 Å². The summed E-state index contributed by atoms with van der Waals surface area (Å²) in [5, 5.41) is 0.769. The molecule has 0 N–H and O–H groups in total. The van der Waals surface area contributed by atoms with Gasteiger partial charge in [0.05, 0.1) is 10.2 Å². The number of carbonyl (C=O) groups is 1. The number of fused-ring (bicyclic) bond motifs is 1. The van der Waals surface area contributed by atoms with Crippen molar-refractivity contribution in [1.29, 1.82) is 0 Å². The summed E-state index contributed by atoms with van der Waals surface area (Å²) in [6.07, 6.45) is 0.903. The van der Waals surface area contributed by atoms with Crippen LogP contribution in [0, 0.1) is 6.92 Å². The first-order valence-electron chi connectivity index (χ1n) is 8.43. The van der Waals surface area contributed by atoms with E-state index in [-0.39, 0.29) is 18.3 Å². The Balaban J connectivity index is 0.00000243. The van der Waals surface area contributed by atoms with Crippen LogP contribution in [0.3, 0.4) is 0 Å². The lowest BCUT2D eigenvalue weighted by Gasteiger charge is -2.21. The Hall–Kier alpha value is -1.95. The summed E-state index contributed by atoms with van der Waals surface area (Å²) < 4.78 is 1.10. The zero-order chi connectivity index (χ0) is 17.8. The number of amides is 1. The fraction of sp³-hybridized carbons (Fsp3) is 0.300. The predicted molar refractivity (Wildman–Crippen MR) is 113 cm³/mol. The van der Waals surface area contributed by atoms with Crippen LogP contribution in [0.1, 0.15) is 22.3 Å². The first-order valence-corrected chi connectivity index (χ1v) is 9.25. The number of nitrogens with zero attached hydrogens (tertiary/aromatic N) is 3. The number of para-hydroxylation sites is 1. The van der Waals surface area contributed by atoms with Gasteiger partial charge in [-0.2, -0.15) is 0 Å². The van der Waals surface area contributed by atoms with E-state index in [1.165, 1.54) is 0 Å². The van der Waals surface area contributed by atoms with Gasteiger partial charge in [-0.15, -0.1) is 12.4 Å². The van der Waals surface area contributed by atoms with Gasteiger partial charge >= 0.3 is 0 Å². The Morgan fingerprint density at radius 1 is 1.04 bits per heavy atom. The molecule has 0 radical (unpaired) electrons. The largest absolute Gasteiger partial charge is 0.309 e. The number of anilines is 1. The first kappa shape index (κ1) is 20.4. The van der Waals surface area contributed by atoms with Crippen molar-refractivity contribution in [3.8, 4) is 0 Å². The Morgan fingerprint density at radius 2 is 1.73 bits per heavy atom. The molecule has 0 aliphatic heterocycles. The van der Waals surface area contributed by atoms with Crippen LogP contribution in [0.15, 0.2) is 48.5 Å². The molecule has 3 aromatic rings. The summed E-state index contributed by atoms with van der Waals surface area (Å²) >= 11 is 1.57. The molecule has 26 heavy (non-hydrogen) atoms. The molecule has 0 saturated heterocycles. The van der Waals surface area contributed by atoms with E-state index in [9.17, 15) is 4.79 Å². The summed E-state index contributed by atoms with van der Waals surface area (Å²) in [5.74, 6) is 0.0119. The molecule has 0 aliphatic rings. The van der Waals surface area contributed by atoms with Gasteiger partial charge in [-0.1, -0.05) is 41.2 Å². The third-order valence-electron chi connectivity index (χ3n) is 4.04. The van der Waals surface area contributed by atoms with E-state index in [4.69, 9.17) is 0 Å². The fourth-order valence-electron chi connectivity index (χ4n) is 2.66. The highest BCUT2D eigenvalue weighted by atomic mass is 35.5. The maximum Gasteiger partial charge on any atom is 0.260 e. The van der Waals surface area contributed by atoms with Crippen LogP contribution in [0.25, 0.3) is 10.2 Å². The lowest BCUT2D eigenvalue weighted by atomic mass is 10.1. The van der Waals surface area contributed by atoms with Crippen molar-refractivity contribution >= 4 is 45.0 Å². The van der Waals surface area contributed by atoms with Crippen LogP contribution in [0.5, 0.6) is 0 Å². The minimum atomic E-state index is 0. The Labute approximate surface area is 164 Å². The molecule has 4 nitrogen and oxygen atoms in total. The molecular weight excluding hydrogens is 366 g/mol. The SMILES string of the molecule is Cc1ccc(C(=O)N(CCCN(C)C)c2nc3ccccc3s2)cc1.Cl. The van der Waals surface area contributed by atoms with Gasteiger partial charge in [0.1, 0.15) is 0 Å². The summed E-state index contributed by atoms with van der Waals surface area (Å²) in [6, 6.07) is 15.8. The van der Waals surface area contributed by atoms with E-state index in [2.05, 4.69) is 9.88 Å². The van der Waals surface area contributed by atoms with E-state index in [1.54, 1.807) is 11.3 Å². The van der Waals surface area contributed by atoms with E-state index in [0.29, 0.717) is 12.1 Å². The number of rotatable bonds is 6. The minimum Gasteiger partial charge on any atom is -0.309 e. The number of hydrogen-bond donors (Lipinski definition) is 0. The summed E-state index contributed by atoms with van der Waals surface area (Å²) in [4.78, 5) is 21.7. The van der Waals surface area contributed by atoms with E-state index >= 15 is 0 Å². The Morgan fingerprint density at radius 3 is 2.38 bits per heavy atom. The van der Waals surface area contributed by atoms with E-state index < -0.39 is 0 Å². The number of benzene rings is 2. The summed E-state index contributed by atoms with van der Waals surface area (Å²) in [6.45, 7) is 3.62. The van der Waals surface area contributed by atoms with Crippen molar-refractivity contribution < 1.29 is 4.79 Å². The van der Waals surface area contributed by atoms with Crippen LogP contribution in [-0.2, 0) is 0 Å². The van der Waals surface area contributed by atoms with Crippen molar-refractivity contribution in [2.45, 2.75) is 13.3 Å². The average molecular weight is 390 g/mol. The fourth-order valence-corrected chi connectivity index (χ4v) is 3.65. The molecule has 1 heterocycles. The maximum atomic E-state index is 13.1. The van der Waals surface area contributed by atoms with Gasteiger partial charge in [-0.25, -0.2) is 4.98 Å². The smallest absolute Gasteiger partial charge is 0.260 e. The van der Waals surface area contributed by atoms with Gasteiger partial charge in [0.25, 0.3) is 5.91 Å². The molecule has 0 fully saturated rings. The second-order valence-corrected chi connectivity index (χ2v) is 7.45. The molecule has 2 aromatic carbocycles. The zero-order valence-corrected chi connectivity index (χ0v) is 16.9. The highest BCUT2D eigenvalue weighted by Crippen LogP contribution is 2.29. The van der Waals surface area contributed by atoms with Crippen LogP contribution in [-0.4, -0.2) is 43.0 Å². The third-order valence-corrected chi connectivity index (χ3v) is 5.10. The molecule has 1 aromatic heterocycles. The average Bonchev–Trinajstić information content (AvgIpc) is 3.02. The molecule has 0 saturated carbocycles. The Kier molecular flexibility index (Phi) is 7.14. The van der Waals surface area contributed by atoms with Gasteiger partial charge in [0, 0.05) is 12.1 Å². The van der Waals surface area contributed by atoms with Crippen LogP contribution in [0.4, 0.5) is 5.13 Å². The number of carbonyl (C=O) groups excluding carboxylic acids is 1. The van der Waals surface area contributed by atoms with Crippen LogP contribution < -0.4 is 4.90 Å². The monoisotopic (exact) mass is 389 g/mol. The molecular formula is C20H24ClN3OS. The van der Waals surface area contributed by atoms with Crippen molar-refractivity contribution in [2.75, 3.05) is 32.1 Å². The minimum absolute atomic E-state index is 0. The number of halogens is 1. The number of thiazole rings is 1. The lowest BCUT2D eigenvalue weighted by molar-refractivity contribution is 0.0986. The molecule has 3 rings (SSSR count). The maximum absolute atomic E-state index is 13.1. The molecule has 0 spiro atoms. The van der Waals surface area contributed by atoms with Gasteiger partial charge < -0.3 is 4.90 Å². The molecule has 0 aliphatic carbocycles. The third kappa shape index (κ3) is 4.81. The van der Waals surface area contributed by atoms with Gasteiger partial charge in [0.2, 0.25) is 0 Å². The highest BCUT2D eigenvalue weighted by Gasteiger charge is 2.21. The standard InChI is InChI=1S/C20H23N3OS.ClH/c1-15-9-11-16(12-10-15)19(24)23(14-6-13-22(2)3)20-21-17-7-4-5-8-18(17)25-20;/h4-5,7-12H,6,13-14H2,1-3H3;1H. The number of aryl methyl sites for hydroxylation is 1. The quantitative estimate of drug-likeness (QED) is 0.617. The van der Waals surface area contributed by atoms with Crippen LogP contribution >= 0.6 is 23.7 Å². The lowest BCUT2D eigenvalue weighted by Crippen LogP contribution is -2.33. The molecule has 138 valence electrons. The second kappa shape index (κ2) is 9.12. The number of hydrogen-bond acceptors (Lipinski definition) is 4. The number of aromatic nitrogens is 1. The Bertz CT molecular complexity index is 828. The summed E-state index contributed by atoms with van der Waals surface area (Å²) in [7, 11) is 4.09. The van der Waals surface area contributed by atoms with Crippen LogP contribution in [0.2, 0.25) is 0 Å². The van der Waals surface area contributed by atoms with Gasteiger partial charge in [-0.3, -0.25) is 9.69 Å². The van der Waals surface area contributed by atoms with Crippen molar-refractivity contribution in [2.24, 2.45) is 0 Å². The topological polar surface area (TPSA) is 36.4 Å². The highest BCUT2D eigenvalue weighted by molar-refractivity contribution is 7.22. The predicted octanol–water partition coefficient (Wildman–Crippen LogP) is 4.63. The van der Waals surface area contributed by atoms with Crippen molar-refractivity contribution in [1.82, 2.24) is 9.88 Å². The van der Waals surface area contributed by atoms with Crippen molar-refractivity contribution in [3.05, 3.63) is 59.7 Å².